The number of carbonyl (C=O) groups excluding carboxylic acids is 2. The van der Waals surface area contributed by atoms with Gasteiger partial charge >= 0.3 is 0 Å². The average Bonchev–Trinajstić information content (AvgIpc) is 3.10. The van der Waals surface area contributed by atoms with E-state index in [9.17, 15) is 14.4 Å². The normalized spacial score (nSPS) is 10.8. The summed E-state index contributed by atoms with van der Waals surface area (Å²) in [4.78, 5) is 40.7. The smallest absolute Gasteiger partial charge is 0.286 e. The summed E-state index contributed by atoms with van der Waals surface area (Å²) in [5, 5.41) is 0.381. The third-order valence-corrected chi connectivity index (χ3v) is 5.39. The SMILES string of the molecule is Cn1cc(Br)cc1C(=O)NNC(=O)c1ccc2c(=O)n(-c3ccccc3)c(=S)[nH]c2c1. The van der Waals surface area contributed by atoms with Crippen molar-refractivity contribution in [3.63, 3.8) is 0 Å². The molecule has 4 rings (SSSR count). The molecule has 2 amide bonds. The lowest BCUT2D eigenvalue weighted by Gasteiger charge is -2.10. The van der Waals surface area contributed by atoms with Crippen molar-refractivity contribution in [2.75, 3.05) is 0 Å². The molecule has 0 saturated heterocycles. The second-order valence-corrected chi connectivity index (χ2v) is 8.03. The van der Waals surface area contributed by atoms with Gasteiger partial charge in [-0.25, -0.2) is 0 Å². The lowest BCUT2D eigenvalue weighted by Crippen LogP contribution is -2.42. The Morgan fingerprint density at radius 2 is 1.74 bits per heavy atom. The van der Waals surface area contributed by atoms with Gasteiger partial charge in [-0.05, 0) is 64.5 Å². The molecule has 0 spiro atoms. The molecule has 2 aromatic heterocycles. The van der Waals surface area contributed by atoms with Gasteiger partial charge in [0.15, 0.2) is 4.77 Å². The first-order valence-electron chi connectivity index (χ1n) is 9.12. The van der Waals surface area contributed by atoms with Crippen LogP contribution in [0.2, 0.25) is 0 Å². The van der Waals surface area contributed by atoms with E-state index in [-0.39, 0.29) is 15.9 Å². The zero-order valence-corrected chi connectivity index (χ0v) is 18.6. The Balaban J connectivity index is 1.60. The van der Waals surface area contributed by atoms with Crippen LogP contribution in [0.1, 0.15) is 20.8 Å². The minimum atomic E-state index is -0.532. The molecule has 0 aliphatic carbocycles. The van der Waals surface area contributed by atoms with Crippen LogP contribution < -0.4 is 16.4 Å². The van der Waals surface area contributed by atoms with Gasteiger partial charge in [0.2, 0.25) is 0 Å². The Hall–Kier alpha value is -3.50. The lowest BCUT2D eigenvalue weighted by molar-refractivity contribution is 0.0842. The highest BCUT2D eigenvalue weighted by atomic mass is 79.9. The highest BCUT2D eigenvalue weighted by Crippen LogP contribution is 2.14. The zero-order chi connectivity index (χ0) is 22.1. The lowest BCUT2D eigenvalue weighted by atomic mass is 10.1. The van der Waals surface area contributed by atoms with Crippen LogP contribution >= 0.6 is 28.1 Å². The Kier molecular flexibility index (Phi) is 5.57. The maximum atomic E-state index is 12.9. The number of nitrogens with zero attached hydrogens (tertiary/aromatic N) is 2. The Bertz CT molecular complexity index is 1440. The first kappa shape index (κ1) is 20.8. The summed E-state index contributed by atoms with van der Waals surface area (Å²) in [6, 6.07) is 15.3. The summed E-state index contributed by atoms with van der Waals surface area (Å²) in [5.74, 6) is -0.998. The van der Waals surface area contributed by atoms with E-state index in [2.05, 4.69) is 31.8 Å². The fourth-order valence-corrected chi connectivity index (χ4v) is 3.99. The molecule has 0 bridgehead atoms. The monoisotopic (exact) mass is 497 g/mol. The summed E-state index contributed by atoms with van der Waals surface area (Å²) < 4.78 is 3.98. The van der Waals surface area contributed by atoms with Gasteiger partial charge in [-0.1, -0.05) is 18.2 Å². The van der Waals surface area contributed by atoms with Crippen LogP contribution in [0, 0.1) is 4.77 Å². The van der Waals surface area contributed by atoms with Gasteiger partial charge in [-0.2, -0.15) is 0 Å². The van der Waals surface area contributed by atoms with Gasteiger partial charge in [0.25, 0.3) is 17.4 Å². The summed E-state index contributed by atoms with van der Waals surface area (Å²) >= 11 is 8.65. The van der Waals surface area contributed by atoms with Crippen molar-refractivity contribution in [2.45, 2.75) is 0 Å². The molecule has 2 heterocycles. The largest absolute Gasteiger partial charge is 0.345 e. The van der Waals surface area contributed by atoms with Crippen LogP contribution in [-0.4, -0.2) is 25.9 Å². The zero-order valence-electron chi connectivity index (χ0n) is 16.2. The van der Waals surface area contributed by atoms with E-state index in [1.54, 1.807) is 42.1 Å². The van der Waals surface area contributed by atoms with Gasteiger partial charge in [0, 0.05) is 23.3 Å². The van der Waals surface area contributed by atoms with Gasteiger partial charge in [0.1, 0.15) is 5.69 Å². The highest BCUT2D eigenvalue weighted by molar-refractivity contribution is 9.10. The fourth-order valence-electron chi connectivity index (χ4n) is 3.17. The van der Waals surface area contributed by atoms with Crippen LogP contribution in [0.5, 0.6) is 0 Å². The number of H-pyrrole nitrogens is 1. The first-order chi connectivity index (χ1) is 14.8. The Morgan fingerprint density at radius 1 is 1.03 bits per heavy atom. The fraction of sp³-hybridized carbons (Fsp3) is 0.0476. The van der Waals surface area contributed by atoms with Crippen LogP contribution in [0.25, 0.3) is 16.6 Å². The number of para-hydroxylation sites is 1. The van der Waals surface area contributed by atoms with Crippen molar-refractivity contribution in [1.29, 1.82) is 0 Å². The molecule has 0 radical (unpaired) electrons. The van der Waals surface area contributed by atoms with Gasteiger partial charge in [0.05, 0.1) is 16.6 Å². The quantitative estimate of drug-likeness (QED) is 0.298. The van der Waals surface area contributed by atoms with E-state index in [1.807, 2.05) is 18.2 Å². The number of benzene rings is 2. The number of carbonyl (C=O) groups is 2. The van der Waals surface area contributed by atoms with Gasteiger partial charge in [-0.3, -0.25) is 29.8 Å². The number of nitrogens with one attached hydrogen (secondary N) is 3. The third-order valence-electron chi connectivity index (χ3n) is 4.67. The molecule has 10 heteroatoms. The predicted octanol–water partition coefficient (Wildman–Crippen LogP) is 3.22. The number of fused-ring (bicyclic) bond motifs is 1. The molecule has 8 nitrogen and oxygen atoms in total. The number of aromatic nitrogens is 3. The minimum Gasteiger partial charge on any atom is -0.345 e. The Labute approximate surface area is 189 Å². The molecular formula is C21H16BrN5O3S. The molecule has 2 aromatic carbocycles. The average molecular weight is 498 g/mol. The van der Waals surface area contributed by atoms with E-state index in [1.165, 1.54) is 16.7 Å². The molecule has 156 valence electrons. The van der Waals surface area contributed by atoms with E-state index in [4.69, 9.17) is 12.2 Å². The first-order valence-corrected chi connectivity index (χ1v) is 10.3. The number of rotatable bonds is 3. The number of hydrazine groups is 1. The van der Waals surface area contributed by atoms with Crippen molar-refractivity contribution in [2.24, 2.45) is 7.05 Å². The third kappa shape index (κ3) is 4.07. The number of hydrogen-bond donors (Lipinski definition) is 3. The molecule has 0 saturated carbocycles. The van der Waals surface area contributed by atoms with Gasteiger partial charge in [-0.15, -0.1) is 0 Å². The van der Waals surface area contributed by atoms with Crippen LogP contribution in [0.15, 0.2) is 70.1 Å². The van der Waals surface area contributed by atoms with E-state index in [0.717, 1.165) is 4.47 Å². The number of aromatic amines is 1. The molecule has 31 heavy (non-hydrogen) atoms. The number of hydrogen-bond acceptors (Lipinski definition) is 4. The summed E-state index contributed by atoms with van der Waals surface area (Å²) in [5.41, 5.74) is 6.15. The van der Waals surface area contributed by atoms with Crippen LogP contribution in [0.3, 0.4) is 0 Å². The van der Waals surface area contributed by atoms with Crippen molar-refractivity contribution in [1.82, 2.24) is 25.0 Å². The van der Waals surface area contributed by atoms with Gasteiger partial charge < -0.3 is 9.55 Å². The maximum absolute atomic E-state index is 12.9. The van der Waals surface area contributed by atoms with Crippen LogP contribution in [-0.2, 0) is 7.05 Å². The minimum absolute atomic E-state index is 0.212. The summed E-state index contributed by atoms with van der Waals surface area (Å²) in [6.07, 6.45) is 1.73. The topological polar surface area (TPSA) is 101 Å². The molecular weight excluding hydrogens is 482 g/mol. The number of halogens is 1. The predicted molar refractivity (Wildman–Crippen MR) is 123 cm³/mol. The molecule has 3 N–H and O–H groups in total. The van der Waals surface area contributed by atoms with E-state index >= 15 is 0 Å². The summed E-state index contributed by atoms with van der Waals surface area (Å²) in [6.45, 7) is 0. The Morgan fingerprint density at radius 3 is 2.42 bits per heavy atom. The van der Waals surface area contributed by atoms with Crippen LogP contribution in [0.4, 0.5) is 0 Å². The number of aryl methyl sites for hydroxylation is 1. The standard InChI is InChI=1S/C21H16BrN5O3S/c1-26-11-13(22)10-17(26)19(29)25-24-18(28)12-7-8-15-16(9-12)23-21(31)27(20(15)30)14-5-3-2-4-6-14/h2-11H,1H3,(H,23,31)(H,24,28)(H,25,29). The van der Waals surface area contributed by atoms with Crippen molar-refractivity contribution < 1.29 is 9.59 Å². The van der Waals surface area contributed by atoms with Crippen molar-refractivity contribution >= 4 is 50.9 Å². The van der Waals surface area contributed by atoms with Crippen molar-refractivity contribution in [3.05, 3.63) is 91.6 Å². The second kappa shape index (κ2) is 8.32. The molecule has 0 aliphatic heterocycles. The second-order valence-electron chi connectivity index (χ2n) is 6.73. The molecule has 0 aliphatic rings. The maximum Gasteiger partial charge on any atom is 0.286 e. The molecule has 4 aromatic rings. The van der Waals surface area contributed by atoms with E-state index < -0.39 is 11.8 Å². The van der Waals surface area contributed by atoms with Crippen molar-refractivity contribution in [3.8, 4) is 5.69 Å². The molecule has 0 atom stereocenters. The number of amides is 2. The summed E-state index contributed by atoms with van der Waals surface area (Å²) in [7, 11) is 1.72. The molecule has 0 fully saturated rings. The van der Waals surface area contributed by atoms with E-state index in [0.29, 0.717) is 22.3 Å². The highest BCUT2D eigenvalue weighted by Gasteiger charge is 2.14. The molecule has 0 unspecified atom stereocenters.